The van der Waals surface area contributed by atoms with Crippen molar-refractivity contribution in [2.75, 3.05) is 0 Å². The van der Waals surface area contributed by atoms with E-state index < -0.39 is 34.4 Å². The molecule has 0 radical (unpaired) electrons. The van der Waals surface area contributed by atoms with Crippen LogP contribution in [-0.4, -0.2) is 15.5 Å². The van der Waals surface area contributed by atoms with Crippen LogP contribution in [0.5, 0.6) is 11.5 Å². The number of amides is 1. The Bertz CT molecular complexity index is 1750. The van der Waals surface area contributed by atoms with Crippen LogP contribution in [0.1, 0.15) is 36.2 Å². The Balaban J connectivity index is 2.13. The summed E-state index contributed by atoms with van der Waals surface area (Å²) in [5.74, 6) is -5.11. The molecule has 0 saturated carbocycles. The molecule has 0 aliphatic heterocycles. The van der Waals surface area contributed by atoms with Crippen molar-refractivity contribution in [2.24, 2.45) is 0 Å². The molecule has 0 unspecified atom stereocenters. The summed E-state index contributed by atoms with van der Waals surface area (Å²) in [6.07, 6.45) is 3.64. The molecule has 0 aliphatic carbocycles. The highest BCUT2D eigenvalue weighted by Crippen LogP contribution is 2.38. The lowest BCUT2D eigenvalue weighted by atomic mass is 9.94. The van der Waals surface area contributed by atoms with Gasteiger partial charge >= 0.3 is 5.92 Å². The maximum atomic E-state index is 15.1. The van der Waals surface area contributed by atoms with E-state index in [-0.39, 0.29) is 34.0 Å². The van der Waals surface area contributed by atoms with Gasteiger partial charge in [0, 0.05) is 10.6 Å². The Labute approximate surface area is 247 Å². The van der Waals surface area contributed by atoms with E-state index in [1.807, 2.05) is 12.1 Å². The molecule has 7 nitrogen and oxygen atoms in total. The molecule has 0 bridgehead atoms. The molecular formula is C32H27ClF2N4O3. The van der Waals surface area contributed by atoms with Crippen LogP contribution in [0.2, 0.25) is 5.02 Å². The second-order valence-corrected chi connectivity index (χ2v) is 9.76. The van der Waals surface area contributed by atoms with Gasteiger partial charge in [-0.2, -0.15) is 14.0 Å². The molecule has 0 aliphatic rings. The van der Waals surface area contributed by atoms with Gasteiger partial charge in [0.25, 0.3) is 11.5 Å². The van der Waals surface area contributed by atoms with Crippen molar-refractivity contribution in [3.05, 3.63) is 136 Å². The minimum absolute atomic E-state index is 0.0915. The van der Waals surface area contributed by atoms with Gasteiger partial charge in [0.15, 0.2) is 5.69 Å². The molecule has 0 atom stereocenters. The topological polar surface area (TPSA) is 97.0 Å². The fraction of sp³-hybridized carbons (Fsp3) is 0.125. The maximum Gasteiger partial charge on any atom is 0.314 e. The van der Waals surface area contributed by atoms with Gasteiger partial charge in [0.2, 0.25) is 5.75 Å². The van der Waals surface area contributed by atoms with E-state index >= 15 is 8.78 Å². The smallest absolute Gasteiger partial charge is 0.314 e. The van der Waals surface area contributed by atoms with Gasteiger partial charge in [-0.1, -0.05) is 67.8 Å². The van der Waals surface area contributed by atoms with Crippen LogP contribution in [0.4, 0.5) is 8.78 Å². The molecule has 3 rings (SSSR count). The minimum atomic E-state index is -3.72. The number of nitrogens with zero attached hydrogens (tertiary/aromatic N) is 3. The van der Waals surface area contributed by atoms with Crippen molar-refractivity contribution in [1.82, 2.24) is 14.9 Å². The zero-order valence-electron chi connectivity index (χ0n) is 23.0. The predicted molar refractivity (Wildman–Crippen MR) is 160 cm³/mol. The van der Waals surface area contributed by atoms with Crippen molar-refractivity contribution in [3.8, 4) is 17.6 Å². The van der Waals surface area contributed by atoms with E-state index in [2.05, 4.69) is 36.6 Å². The van der Waals surface area contributed by atoms with Crippen LogP contribution in [0, 0.1) is 11.3 Å². The SMILES string of the molecule is C=CNC(=O)/C(=C\C(=C)Cn1cnc(C(F)(F)C(=C)C)c(Oc2cc(Cl)cc(C#N)c2)c1=O)c1ccccc1C(=C)C. The first kappa shape index (κ1) is 31.5. The number of nitriles is 1. The highest BCUT2D eigenvalue weighted by atomic mass is 35.5. The number of nitrogens with one attached hydrogen (secondary N) is 1. The van der Waals surface area contributed by atoms with Crippen molar-refractivity contribution < 1.29 is 18.3 Å². The molecule has 10 heteroatoms. The molecule has 1 N–H and O–H groups in total. The molecule has 0 fully saturated rings. The maximum absolute atomic E-state index is 15.1. The van der Waals surface area contributed by atoms with Crippen LogP contribution in [0.25, 0.3) is 11.1 Å². The van der Waals surface area contributed by atoms with Crippen LogP contribution >= 0.6 is 11.6 Å². The summed E-state index contributed by atoms with van der Waals surface area (Å²) in [7, 11) is 0. The molecular weight excluding hydrogens is 562 g/mol. The second kappa shape index (κ2) is 13.1. The van der Waals surface area contributed by atoms with Gasteiger partial charge < -0.3 is 10.1 Å². The number of rotatable bonds is 11. The molecule has 2 aromatic carbocycles. The summed E-state index contributed by atoms with van der Waals surface area (Å²) in [5, 5.41) is 11.9. The molecule has 0 saturated heterocycles. The summed E-state index contributed by atoms with van der Waals surface area (Å²) in [4.78, 5) is 30.4. The van der Waals surface area contributed by atoms with Crippen LogP contribution in [-0.2, 0) is 17.3 Å². The third-order valence-corrected chi connectivity index (χ3v) is 6.15. The van der Waals surface area contributed by atoms with E-state index in [0.717, 1.165) is 23.4 Å². The number of hydrogen-bond donors (Lipinski definition) is 1. The fourth-order valence-electron chi connectivity index (χ4n) is 3.90. The molecule has 1 amide bonds. The molecule has 214 valence electrons. The van der Waals surface area contributed by atoms with Crippen molar-refractivity contribution in [2.45, 2.75) is 26.3 Å². The number of ether oxygens (including phenoxy) is 1. The number of halogens is 3. The Hall–Kier alpha value is -5.07. The summed E-state index contributed by atoms with van der Waals surface area (Å²) in [6, 6.07) is 12.9. The van der Waals surface area contributed by atoms with E-state index in [4.69, 9.17) is 16.3 Å². The van der Waals surface area contributed by atoms with Crippen molar-refractivity contribution in [3.63, 3.8) is 0 Å². The van der Waals surface area contributed by atoms with Gasteiger partial charge in [0.1, 0.15) is 5.75 Å². The zero-order chi connectivity index (χ0) is 31.2. The van der Waals surface area contributed by atoms with E-state index in [1.165, 1.54) is 30.5 Å². The lowest BCUT2D eigenvalue weighted by molar-refractivity contribution is -0.114. The Morgan fingerprint density at radius 1 is 1.19 bits per heavy atom. The molecule has 0 spiro atoms. The fourth-order valence-corrected chi connectivity index (χ4v) is 4.12. The van der Waals surface area contributed by atoms with E-state index in [1.54, 1.807) is 25.1 Å². The Morgan fingerprint density at radius 2 is 1.86 bits per heavy atom. The van der Waals surface area contributed by atoms with Gasteiger partial charge in [0.05, 0.1) is 24.5 Å². The molecule has 1 aromatic heterocycles. The number of hydrogen-bond acceptors (Lipinski definition) is 5. The lowest BCUT2D eigenvalue weighted by Crippen LogP contribution is -2.28. The lowest BCUT2D eigenvalue weighted by Gasteiger charge is -2.20. The predicted octanol–water partition coefficient (Wildman–Crippen LogP) is 7.16. The first-order valence-electron chi connectivity index (χ1n) is 12.4. The van der Waals surface area contributed by atoms with E-state index in [9.17, 15) is 14.9 Å². The first-order valence-corrected chi connectivity index (χ1v) is 12.8. The number of carbonyl (C=O) groups excluding carboxylic acids is 1. The molecule has 42 heavy (non-hydrogen) atoms. The van der Waals surface area contributed by atoms with Crippen LogP contribution < -0.4 is 15.6 Å². The highest BCUT2D eigenvalue weighted by Gasteiger charge is 2.39. The summed E-state index contributed by atoms with van der Waals surface area (Å²) in [5.41, 5.74) is 0.0709. The van der Waals surface area contributed by atoms with Gasteiger partial charge in [-0.3, -0.25) is 14.2 Å². The Kier molecular flexibility index (Phi) is 9.78. The molecule has 3 aromatic rings. The normalized spacial score (nSPS) is 11.3. The number of carbonyl (C=O) groups is 1. The second-order valence-electron chi connectivity index (χ2n) is 9.32. The average Bonchev–Trinajstić information content (AvgIpc) is 2.93. The van der Waals surface area contributed by atoms with Crippen LogP contribution in [0.15, 0.2) is 103 Å². The zero-order valence-corrected chi connectivity index (χ0v) is 23.8. The number of allylic oxidation sites excluding steroid dienone is 4. The van der Waals surface area contributed by atoms with E-state index in [0.29, 0.717) is 11.1 Å². The minimum Gasteiger partial charge on any atom is -0.449 e. The first-order chi connectivity index (χ1) is 19.8. The quantitative estimate of drug-likeness (QED) is 0.146. The van der Waals surface area contributed by atoms with Crippen LogP contribution in [0.3, 0.4) is 0 Å². The largest absolute Gasteiger partial charge is 0.449 e. The third kappa shape index (κ3) is 6.97. The number of aromatic nitrogens is 2. The van der Waals surface area contributed by atoms with Gasteiger partial charge in [-0.05, 0) is 66.6 Å². The van der Waals surface area contributed by atoms with Gasteiger partial charge in [-0.25, -0.2) is 4.98 Å². The monoisotopic (exact) mass is 588 g/mol. The number of benzene rings is 2. The average molecular weight is 589 g/mol. The summed E-state index contributed by atoms with van der Waals surface area (Å²) in [6.45, 7) is 17.4. The standard InChI is InChI=1S/C32H27ClF2N4O3/c1-7-37-30(40)27(26-11-9-8-10-25(26)19(2)3)12-21(6)17-39-18-38-29(32(34,35)20(4)5)28(31(39)41)42-24-14-22(16-36)13-23(33)15-24/h7-15,18H,1-2,4,6,17H2,3,5H3,(H,37,40)/b27-12-. The van der Waals surface area contributed by atoms with Crippen molar-refractivity contribution in [1.29, 1.82) is 5.26 Å². The summed E-state index contributed by atoms with van der Waals surface area (Å²) >= 11 is 6.04. The van der Waals surface area contributed by atoms with Crippen molar-refractivity contribution >= 4 is 28.7 Å². The molecule has 1 heterocycles. The third-order valence-electron chi connectivity index (χ3n) is 5.93. The highest BCUT2D eigenvalue weighted by molar-refractivity contribution is 6.30. The van der Waals surface area contributed by atoms with Gasteiger partial charge in [-0.15, -0.1) is 0 Å². The Morgan fingerprint density at radius 3 is 2.45 bits per heavy atom. The number of alkyl halides is 2. The summed E-state index contributed by atoms with van der Waals surface area (Å²) < 4.78 is 36.8.